The van der Waals surface area contributed by atoms with E-state index in [4.69, 9.17) is 12.2 Å². The summed E-state index contributed by atoms with van der Waals surface area (Å²) in [6.45, 7) is 0.217. The summed E-state index contributed by atoms with van der Waals surface area (Å²) in [6, 6.07) is 9.36. The van der Waals surface area contributed by atoms with Crippen molar-refractivity contribution in [3.63, 3.8) is 0 Å². The predicted molar refractivity (Wildman–Crippen MR) is 101 cm³/mol. The molecular weight excluding hydrogens is 394 g/mol. The fourth-order valence-electron chi connectivity index (χ4n) is 2.11. The number of amides is 1. The van der Waals surface area contributed by atoms with Crippen LogP contribution < -0.4 is 10.0 Å². The molecule has 2 aromatic heterocycles. The number of nitrogens with one attached hydrogen (secondary N) is 3. The number of sulfonamides is 1. The number of aromatic nitrogens is 3. The highest BCUT2D eigenvalue weighted by molar-refractivity contribution is 7.94. The molecule has 3 aromatic rings. The van der Waals surface area contributed by atoms with Crippen LogP contribution in [0.5, 0.6) is 0 Å². The van der Waals surface area contributed by atoms with Gasteiger partial charge in [0.15, 0.2) is 10.6 Å². The standard InChI is InChI=1S/C15H15N5O3S3/c1-20-12(17-18-15(20)24)9-16-14(21)10-4-6-11(7-5-10)19-26(22,23)13-3-2-8-25-13/h2-8,19H,9H2,1H3,(H,16,21)(H,18,24). The molecule has 0 aliphatic carbocycles. The lowest BCUT2D eigenvalue weighted by Gasteiger charge is -2.08. The average molecular weight is 410 g/mol. The number of benzene rings is 1. The van der Waals surface area contributed by atoms with Crippen LogP contribution in [0.25, 0.3) is 0 Å². The molecule has 0 aliphatic rings. The second kappa shape index (κ2) is 7.40. The van der Waals surface area contributed by atoms with Crippen molar-refractivity contribution < 1.29 is 13.2 Å². The van der Waals surface area contributed by atoms with Crippen LogP contribution in [-0.2, 0) is 23.6 Å². The van der Waals surface area contributed by atoms with E-state index in [1.165, 1.54) is 18.2 Å². The molecule has 0 saturated heterocycles. The Balaban J connectivity index is 1.64. The highest BCUT2D eigenvalue weighted by Crippen LogP contribution is 2.20. The van der Waals surface area contributed by atoms with Crippen LogP contribution >= 0.6 is 23.6 Å². The Kier molecular flexibility index (Phi) is 5.20. The zero-order chi connectivity index (χ0) is 18.7. The van der Waals surface area contributed by atoms with Crippen molar-refractivity contribution in [1.82, 2.24) is 20.1 Å². The lowest BCUT2D eigenvalue weighted by atomic mass is 10.2. The SMILES string of the molecule is Cn1c(CNC(=O)c2ccc(NS(=O)(=O)c3cccs3)cc2)n[nH]c1=S. The average Bonchev–Trinajstić information content (AvgIpc) is 3.26. The normalized spacial score (nSPS) is 11.3. The maximum Gasteiger partial charge on any atom is 0.271 e. The Labute approximate surface area is 158 Å². The molecule has 3 N–H and O–H groups in total. The predicted octanol–water partition coefficient (Wildman–Crippen LogP) is 2.27. The lowest BCUT2D eigenvalue weighted by Crippen LogP contribution is -2.24. The molecule has 11 heteroatoms. The number of rotatable bonds is 6. The smallest absolute Gasteiger partial charge is 0.271 e. The van der Waals surface area contributed by atoms with Gasteiger partial charge < -0.3 is 9.88 Å². The minimum Gasteiger partial charge on any atom is -0.345 e. The number of carbonyl (C=O) groups is 1. The highest BCUT2D eigenvalue weighted by atomic mass is 32.2. The molecule has 0 spiro atoms. The van der Waals surface area contributed by atoms with Gasteiger partial charge in [0, 0.05) is 18.3 Å². The van der Waals surface area contributed by atoms with Gasteiger partial charge in [-0.2, -0.15) is 5.10 Å². The van der Waals surface area contributed by atoms with Crippen LogP contribution in [0.2, 0.25) is 0 Å². The number of H-pyrrole nitrogens is 1. The molecule has 0 fully saturated rings. The number of aromatic amines is 1. The van der Waals surface area contributed by atoms with E-state index in [1.807, 2.05) is 0 Å². The van der Waals surface area contributed by atoms with E-state index in [-0.39, 0.29) is 16.7 Å². The zero-order valence-electron chi connectivity index (χ0n) is 13.6. The summed E-state index contributed by atoms with van der Waals surface area (Å²) >= 11 is 6.14. The van der Waals surface area contributed by atoms with Crippen molar-refractivity contribution in [2.45, 2.75) is 10.8 Å². The van der Waals surface area contributed by atoms with Gasteiger partial charge in [0.05, 0.1) is 6.54 Å². The van der Waals surface area contributed by atoms with Crippen LogP contribution in [0.4, 0.5) is 5.69 Å². The summed E-state index contributed by atoms with van der Waals surface area (Å²) in [7, 11) is -1.86. The van der Waals surface area contributed by atoms with Gasteiger partial charge in [-0.15, -0.1) is 11.3 Å². The molecule has 0 bridgehead atoms. The first-order chi connectivity index (χ1) is 12.4. The molecule has 1 aromatic carbocycles. The first-order valence-electron chi connectivity index (χ1n) is 7.42. The summed E-state index contributed by atoms with van der Waals surface area (Å²) in [5.41, 5.74) is 0.783. The Bertz CT molecular complexity index is 1070. The van der Waals surface area contributed by atoms with E-state index in [2.05, 4.69) is 20.2 Å². The van der Waals surface area contributed by atoms with Gasteiger partial charge in [-0.25, -0.2) is 8.42 Å². The van der Waals surface area contributed by atoms with Gasteiger partial charge in [0.25, 0.3) is 15.9 Å². The number of anilines is 1. The van der Waals surface area contributed by atoms with Crippen molar-refractivity contribution in [3.05, 3.63) is 57.9 Å². The minimum absolute atomic E-state index is 0.217. The Morgan fingerprint density at radius 1 is 1.31 bits per heavy atom. The molecule has 0 radical (unpaired) electrons. The molecule has 0 saturated carbocycles. The van der Waals surface area contributed by atoms with Gasteiger partial charge in [-0.05, 0) is 47.9 Å². The third kappa shape index (κ3) is 4.00. The molecule has 2 heterocycles. The van der Waals surface area contributed by atoms with Gasteiger partial charge in [-0.1, -0.05) is 6.07 Å². The lowest BCUT2D eigenvalue weighted by molar-refractivity contribution is 0.0949. The summed E-state index contributed by atoms with van der Waals surface area (Å²) in [4.78, 5) is 12.2. The topological polar surface area (TPSA) is 109 Å². The molecule has 1 amide bonds. The van der Waals surface area contributed by atoms with Crippen molar-refractivity contribution in [2.75, 3.05) is 4.72 Å². The second-order valence-electron chi connectivity index (χ2n) is 5.30. The highest BCUT2D eigenvalue weighted by Gasteiger charge is 2.15. The van der Waals surface area contributed by atoms with E-state index in [9.17, 15) is 13.2 Å². The maximum atomic E-state index is 12.2. The van der Waals surface area contributed by atoms with Gasteiger partial charge in [0.1, 0.15) is 4.21 Å². The molecule has 0 atom stereocenters. The van der Waals surface area contributed by atoms with Crippen molar-refractivity contribution in [1.29, 1.82) is 0 Å². The monoisotopic (exact) mass is 409 g/mol. The van der Waals surface area contributed by atoms with Crippen molar-refractivity contribution in [2.24, 2.45) is 7.05 Å². The number of thiophene rings is 1. The van der Waals surface area contributed by atoms with Crippen LogP contribution in [0.3, 0.4) is 0 Å². The van der Waals surface area contributed by atoms with Crippen molar-refractivity contribution >= 4 is 45.2 Å². The zero-order valence-corrected chi connectivity index (χ0v) is 16.0. The Morgan fingerprint density at radius 2 is 2.04 bits per heavy atom. The van der Waals surface area contributed by atoms with E-state index in [0.29, 0.717) is 21.8 Å². The van der Waals surface area contributed by atoms with Gasteiger partial charge >= 0.3 is 0 Å². The fourth-order valence-corrected chi connectivity index (χ4v) is 4.31. The van der Waals surface area contributed by atoms with Gasteiger partial charge in [0.2, 0.25) is 0 Å². The summed E-state index contributed by atoms with van der Waals surface area (Å²) < 4.78 is 29.2. The molecule has 0 unspecified atom stereocenters. The Hall–Kier alpha value is -2.50. The van der Waals surface area contributed by atoms with E-state index in [1.54, 1.807) is 35.2 Å². The molecule has 0 aliphatic heterocycles. The van der Waals surface area contributed by atoms with E-state index < -0.39 is 10.0 Å². The summed E-state index contributed by atoms with van der Waals surface area (Å²) in [6.07, 6.45) is 0. The third-order valence-corrected chi connectivity index (χ3v) is 6.68. The number of carbonyl (C=O) groups excluding carboxylic acids is 1. The number of hydrogen-bond acceptors (Lipinski definition) is 6. The van der Waals surface area contributed by atoms with Crippen LogP contribution in [-0.4, -0.2) is 29.1 Å². The van der Waals surface area contributed by atoms with Crippen LogP contribution in [0, 0.1) is 4.77 Å². The molecule has 26 heavy (non-hydrogen) atoms. The maximum absolute atomic E-state index is 12.2. The number of hydrogen-bond donors (Lipinski definition) is 3. The van der Waals surface area contributed by atoms with E-state index >= 15 is 0 Å². The van der Waals surface area contributed by atoms with Crippen LogP contribution in [0.15, 0.2) is 46.0 Å². The van der Waals surface area contributed by atoms with Crippen LogP contribution in [0.1, 0.15) is 16.2 Å². The summed E-state index contributed by atoms with van der Waals surface area (Å²) in [5, 5.41) is 11.1. The third-order valence-electron chi connectivity index (χ3n) is 3.54. The minimum atomic E-state index is -3.61. The Morgan fingerprint density at radius 3 is 2.62 bits per heavy atom. The first-order valence-corrected chi connectivity index (χ1v) is 10.2. The number of nitrogens with zero attached hydrogens (tertiary/aromatic N) is 2. The molecule has 136 valence electrons. The van der Waals surface area contributed by atoms with Crippen molar-refractivity contribution in [3.8, 4) is 0 Å². The first kappa shape index (κ1) is 18.3. The molecule has 3 rings (SSSR count). The van der Waals surface area contributed by atoms with E-state index in [0.717, 1.165) is 11.3 Å². The molecule has 8 nitrogen and oxygen atoms in total. The fraction of sp³-hybridized carbons (Fsp3) is 0.133. The quantitative estimate of drug-likeness (QED) is 0.541. The largest absolute Gasteiger partial charge is 0.345 e. The molecular formula is C15H15N5O3S3. The van der Waals surface area contributed by atoms with Gasteiger partial charge in [-0.3, -0.25) is 14.6 Å². The second-order valence-corrected chi connectivity index (χ2v) is 8.55. The summed E-state index contributed by atoms with van der Waals surface area (Å²) in [5.74, 6) is 0.301.